The minimum absolute atomic E-state index is 0.907. The molecule has 0 bridgehead atoms. The van der Waals surface area contributed by atoms with Gasteiger partial charge in [-0.1, -0.05) is 78.1 Å². The summed E-state index contributed by atoms with van der Waals surface area (Å²) in [5, 5.41) is 0. The quantitative estimate of drug-likeness (QED) is 0.240. The second kappa shape index (κ2) is 20.0. The lowest BCUT2D eigenvalue weighted by Crippen LogP contribution is -2.64. The molecule has 0 aliphatic heterocycles. The highest BCUT2D eigenvalue weighted by atomic mass is 15.2. The van der Waals surface area contributed by atoms with Gasteiger partial charge in [0.15, 0.2) is 0 Å². The van der Waals surface area contributed by atoms with Crippen molar-refractivity contribution in [1.82, 2.24) is 9.80 Å². The molecule has 12 saturated carbocycles. The number of fused-ring (bicyclic) bond motifs is 2. The van der Waals surface area contributed by atoms with Gasteiger partial charge in [0.05, 0.1) is 0 Å². The van der Waals surface area contributed by atoms with E-state index in [4.69, 9.17) is 0 Å². The molecule has 2 nitrogen and oxygen atoms in total. The molecule has 0 N–H and O–H groups in total. The fourth-order valence-electron chi connectivity index (χ4n) is 22.6. The first kappa shape index (κ1) is 45.1. The largest absolute Gasteiger partial charge is 0.294 e. The van der Waals surface area contributed by atoms with E-state index < -0.39 is 0 Å². The molecule has 0 amide bonds. The Morgan fingerprint density at radius 3 is 0.891 bits per heavy atom. The van der Waals surface area contributed by atoms with E-state index in [9.17, 15) is 0 Å². The Hall–Kier alpha value is -0.0800. The number of hydrogen-bond acceptors (Lipinski definition) is 2. The monoisotopic (exact) mass is 877 g/mol. The van der Waals surface area contributed by atoms with Crippen molar-refractivity contribution >= 4 is 0 Å². The Morgan fingerprint density at radius 1 is 0.219 bits per heavy atom. The van der Waals surface area contributed by atoms with Crippen molar-refractivity contribution in [3.8, 4) is 0 Å². The maximum atomic E-state index is 3.48. The molecule has 14 atom stereocenters. The minimum atomic E-state index is 0.907. The molecular formula is C62H104N2. The standard InChI is InChI=1S/C62H104N2/c1-41-17-29-49(30-18-41)63(51-33-21-45(22-34-51)55-15-7-11-43-9-3-5-13-53(43)55)59-39-27-47-26-38-58-60(40-28-48-25-37-57(59)61(47)62(48)58)64(50-31-19-42(2)20-32-50)52-35-23-46(24-36-52)56-16-8-12-44-10-4-6-14-54(44)56/h41-62H,3-40H2,1-2H3. The van der Waals surface area contributed by atoms with Crippen LogP contribution >= 0.6 is 0 Å². The van der Waals surface area contributed by atoms with E-state index >= 15 is 0 Å². The van der Waals surface area contributed by atoms with E-state index in [1.807, 2.05) is 0 Å². The van der Waals surface area contributed by atoms with Crippen molar-refractivity contribution in [1.29, 1.82) is 0 Å². The first-order valence-corrected chi connectivity index (χ1v) is 31.1. The molecule has 362 valence electrons. The van der Waals surface area contributed by atoms with Crippen molar-refractivity contribution in [2.45, 2.75) is 294 Å². The van der Waals surface area contributed by atoms with Crippen LogP contribution in [-0.4, -0.2) is 46.1 Å². The minimum Gasteiger partial charge on any atom is -0.294 e. The molecular weight excluding hydrogens is 773 g/mol. The van der Waals surface area contributed by atoms with Crippen molar-refractivity contribution in [3.05, 3.63) is 0 Å². The second-order valence-electron chi connectivity index (χ2n) is 27.9. The average Bonchev–Trinajstić information content (AvgIpc) is 3.35. The molecule has 64 heavy (non-hydrogen) atoms. The molecule has 0 heterocycles. The third kappa shape index (κ3) is 8.76. The van der Waals surface area contributed by atoms with Crippen LogP contribution in [0.25, 0.3) is 0 Å². The van der Waals surface area contributed by atoms with E-state index in [1.165, 1.54) is 51.4 Å². The fourth-order valence-corrected chi connectivity index (χ4v) is 22.6. The lowest BCUT2D eigenvalue weighted by molar-refractivity contribution is -0.151. The van der Waals surface area contributed by atoms with Gasteiger partial charge in [0.2, 0.25) is 0 Å². The summed E-state index contributed by atoms with van der Waals surface area (Å²) in [6.07, 6.45) is 59.6. The van der Waals surface area contributed by atoms with E-state index in [0.717, 1.165) is 131 Å². The van der Waals surface area contributed by atoms with Gasteiger partial charge in [-0.2, -0.15) is 0 Å². The van der Waals surface area contributed by atoms with E-state index in [2.05, 4.69) is 23.6 Å². The molecule has 0 spiro atoms. The molecule has 0 aromatic heterocycles. The van der Waals surface area contributed by atoms with Gasteiger partial charge in [-0.25, -0.2) is 0 Å². The Kier molecular flexibility index (Phi) is 14.1. The van der Waals surface area contributed by atoms with Gasteiger partial charge < -0.3 is 0 Å². The highest BCUT2D eigenvalue weighted by Crippen LogP contribution is 2.63. The van der Waals surface area contributed by atoms with E-state index in [0.29, 0.717) is 0 Å². The van der Waals surface area contributed by atoms with Crippen LogP contribution in [0.2, 0.25) is 0 Å². The number of nitrogens with zero attached hydrogens (tertiary/aromatic N) is 2. The Bertz CT molecular complexity index is 1360. The number of rotatable bonds is 8. The Labute approximate surface area is 396 Å². The molecule has 12 aliphatic rings. The van der Waals surface area contributed by atoms with Crippen molar-refractivity contribution in [2.24, 2.45) is 94.7 Å². The summed E-state index contributed by atoms with van der Waals surface area (Å²) in [6, 6.07) is 5.49. The van der Waals surface area contributed by atoms with Crippen LogP contribution in [0.3, 0.4) is 0 Å². The normalized spacial score (nSPS) is 52.3. The lowest BCUT2D eigenvalue weighted by atomic mass is 9.46. The highest BCUT2D eigenvalue weighted by molar-refractivity contribution is 5.10. The zero-order valence-corrected chi connectivity index (χ0v) is 42.5. The van der Waals surface area contributed by atoms with Crippen molar-refractivity contribution < 1.29 is 0 Å². The van der Waals surface area contributed by atoms with Crippen LogP contribution in [0, 0.1) is 94.7 Å². The Balaban J connectivity index is 0.776. The predicted molar refractivity (Wildman–Crippen MR) is 269 cm³/mol. The van der Waals surface area contributed by atoms with Crippen LogP contribution in [0.4, 0.5) is 0 Å². The van der Waals surface area contributed by atoms with Crippen LogP contribution < -0.4 is 0 Å². The summed E-state index contributed by atoms with van der Waals surface area (Å²) in [5.74, 6) is 17.1. The van der Waals surface area contributed by atoms with Gasteiger partial charge in [0.1, 0.15) is 0 Å². The molecule has 0 aromatic carbocycles. The van der Waals surface area contributed by atoms with Crippen molar-refractivity contribution in [3.63, 3.8) is 0 Å². The number of hydrogen-bond donors (Lipinski definition) is 0. The van der Waals surface area contributed by atoms with Gasteiger partial charge in [0.25, 0.3) is 0 Å². The maximum absolute atomic E-state index is 3.48. The van der Waals surface area contributed by atoms with Crippen LogP contribution in [0.5, 0.6) is 0 Å². The maximum Gasteiger partial charge on any atom is 0.0132 e. The zero-order chi connectivity index (χ0) is 42.7. The summed E-state index contributed by atoms with van der Waals surface area (Å²) in [4.78, 5) is 6.96. The first-order chi connectivity index (χ1) is 31.6. The summed E-state index contributed by atoms with van der Waals surface area (Å²) in [7, 11) is 0. The third-order valence-corrected chi connectivity index (χ3v) is 25.3. The summed E-state index contributed by atoms with van der Waals surface area (Å²) in [5.41, 5.74) is 0. The lowest BCUT2D eigenvalue weighted by Gasteiger charge is -2.64. The van der Waals surface area contributed by atoms with Crippen molar-refractivity contribution in [2.75, 3.05) is 0 Å². The van der Waals surface area contributed by atoms with Crippen LogP contribution in [0.15, 0.2) is 0 Å². The molecule has 12 fully saturated rings. The molecule has 12 aliphatic carbocycles. The highest BCUT2D eigenvalue weighted by Gasteiger charge is 2.59. The van der Waals surface area contributed by atoms with Gasteiger partial charge >= 0.3 is 0 Å². The second-order valence-corrected chi connectivity index (χ2v) is 27.9. The topological polar surface area (TPSA) is 6.48 Å². The van der Waals surface area contributed by atoms with E-state index in [-0.39, 0.29) is 0 Å². The average molecular weight is 878 g/mol. The molecule has 0 radical (unpaired) electrons. The van der Waals surface area contributed by atoms with Crippen LogP contribution in [-0.2, 0) is 0 Å². The fraction of sp³-hybridized carbons (Fsp3) is 1.00. The summed E-state index contributed by atoms with van der Waals surface area (Å²) >= 11 is 0. The first-order valence-electron chi connectivity index (χ1n) is 31.1. The summed E-state index contributed by atoms with van der Waals surface area (Å²) < 4.78 is 0. The van der Waals surface area contributed by atoms with Crippen LogP contribution in [0.1, 0.15) is 258 Å². The van der Waals surface area contributed by atoms with Gasteiger partial charge in [0, 0.05) is 36.3 Å². The third-order valence-electron chi connectivity index (χ3n) is 25.3. The van der Waals surface area contributed by atoms with Gasteiger partial charge in [-0.15, -0.1) is 0 Å². The molecule has 2 heteroatoms. The Morgan fingerprint density at radius 2 is 0.500 bits per heavy atom. The van der Waals surface area contributed by atoms with Gasteiger partial charge in [-0.3, -0.25) is 9.80 Å². The zero-order valence-electron chi connectivity index (χ0n) is 42.5. The summed E-state index contributed by atoms with van der Waals surface area (Å²) in [6.45, 7) is 5.18. The van der Waals surface area contributed by atoms with Gasteiger partial charge in [-0.05, 0) is 274 Å². The van der Waals surface area contributed by atoms with E-state index in [1.54, 1.807) is 193 Å². The SMILES string of the molecule is CC1CCC(N(C2CCC(C3CCCC4CCCCC43)CC2)C2CCC3CCC4C5C(CCC2C35)CCC4N(C2CCC(C)CC2)C2CCC(C3CCCC4CCCCC43)CC2)CC1. The smallest absolute Gasteiger partial charge is 0.0132 e. The molecule has 0 saturated heterocycles. The molecule has 0 aromatic rings. The molecule has 14 unspecified atom stereocenters. The predicted octanol–water partition coefficient (Wildman–Crippen LogP) is 16.7. The molecule has 12 rings (SSSR count).